The second-order valence-corrected chi connectivity index (χ2v) is 4.96. The average Bonchev–Trinajstić information content (AvgIpc) is 2.15. The summed E-state index contributed by atoms with van der Waals surface area (Å²) in [5.74, 6) is 1.35. The van der Waals surface area contributed by atoms with E-state index in [1.165, 1.54) is 44.6 Å². The lowest BCUT2D eigenvalue weighted by molar-refractivity contribution is 0.277. The molecule has 0 spiro atoms. The van der Waals surface area contributed by atoms with Crippen molar-refractivity contribution < 1.29 is 0 Å². The molecule has 0 saturated carbocycles. The number of rotatable bonds is 4. The van der Waals surface area contributed by atoms with Crippen LogP contribution in [0.15, 0.2) is 0 Å². The van der Waals surface area contributed by atoms with Gasteiger partial charge in [-0.3, -0.25) is 0 Å². The van der Waals surface area contributed by atoms with Gasteiger partial charge in [0.15, 0.2) is 0 Å². The van der Waals surface area contributed by atoms with Gasteiger partial charge in [-0.1, -0.05) is 20.3 Å². The molecule has 1 rings (SSSR count). The van der Waals surface area contributed by atoms with Crippen LogP contribution >= 0.6 is 11.8 Å². The third-order valence-electron chi connectivity index (χ3n) is 2.51. The molecule has 0 bridgehead atoms. The zero-order chi connectivity index (χ0) is 8.81. The maximum Gasteiger partial charge on any atom is 0.0172 e. The van der Waals surface area contributed by atoms with Gasteiger partial charge >= 0.3 is 0 Å². The quantitative estimate of drug-likeness (QED) is 0.665. The molecule has 1 heterocycles. The van der Waals surface area contributed by atoms with Crippen molar-refractivity contribution in [3.63, 3.8) is 0 Å². The van der Waals surface area contributed by atoms with Gasteiger partial charge in [0.2, 0.25) is 0 Å². The molecule has 1 aliphatic rings. The lowest BCUT2D eigenvalue weighted by atomic mass is 10.2. The molecule has 0 amide bonds. The largest absolute Gasteiger partial charge is 0.301 e. The van der Waals surface area contributed by atoms with E-state index in [2.05, 4.69) is 30.5 Å². The lowest BCUT2D eigenvalue weighted by Crippen LogP contribution is -2.38. The Morgan fingerprint density at radius 2 is 2.25 bits per heavy atom. The monoisotopic (exact) mass is 187 g/mol. The molecule has 12 heavy (non-hydrogen) atoms. The smallest absolute Gasteiger partial charge is 0.0172 e. The highest BCUT2D eigenvalue weighted by molar-refractivity contribution is 8.00. The molecule has 0 aromatic heterocycles. The summed E-state index contributed by atoms with van der Waals surface area (Å²) >= 11 is 2.16. The molecular weight excluding hydrogens is 166 g/mol. The number of thioether (sulfide) groups is 1. The van der Waals surface area contributed by atoms with E-state index in [1.807, 2.05) is 0 Å². The van der Waals surface area contributed by atoms with Crippen LogP contribution in [0.5, 0.6) is 0 Å². The normalized spacial score (nSPS) is 26.0. The minimum atomic E-state index is 0.913. The maximum atomic E-state index is 2.63. The van der Waals surface area contributed by atoms with Gasteiger partial charge in [0.25, 0.3) is 0 Å². The molecule has 2 heteroatoms. The highest BCUT2D eigenvalue weighted by atomic mass is 32.2. The van der Waals surface area contributed by atoms with Gasteiger partial charge in [-0.15, -0.1) is 0 Å². The lowest BCUT2D eigenvalue weighted by Gasteiger charge is -2.31. The second-order valence-electron chi connectivity index (χ2n) is 3.56. The summed E-state index contributed by atoms with van der Waals surface area (Å²) in [6.45, 7) is 8.56. The summed E-state index contributed by atoms with van der Waals surface area (Å²) in [6.07, 6.45) is 4.05. The molecule has 1 aliphatic heterocycles. The van der Waals surface area contributed by atoms with Crippen LogP contribution in [0.3, 0.4) is 0 Å². The van der Waals surface area contributed by atoms with Crippen molar-refractivity contribution >= 4 is 11.8 Å². The van der Waals surface area contributed by atoms with Crippen LogP contribution in [0.1, 0.15) is 33.1 Å². The van der Waals surface area contributed by atoms with Crippen LogP contribution in [-0.2, 0) is 0 Å². The third kappa shape index (κ3) is 3.36. The van der Waals surface area contributed by atoms with Crippen LogP contribution < -0.4 is 0 Å². The summed E-state index contributed by atoms with van der Waals surface area (Å²) < 4.78 is 0. The number of nitrogens with zero attached hydrogens (tertiary/aromatic N) is 1. The zero-order valence-corrected chi connectivity index (χ0v) is 9.20. The Kier molecular flexibility index (Phi) is 5.08. The van der Waals surface area contributed by atoms with E-state index in [9.17, 15) is 0 Å². The molecule has 72 valence electrons. The molecule has 1 nitrogen and oxygen atoms in total. The van der Waals surface area contributed by atoms with E-state index >= 15 is 0 Å². The zero-order valence-electron chi connectivity index (χ0n) is 8.38. The van der Waals surface area contributed by atoms with Crippen LogP contribution in [0.4, 0.5) is 0 Å². The van der Waals surface area contributed by atoms with Gasteiger partial charge < -0.3 is 4.90 Å². The first kappa shape index (κ1) is 10.4. The minimum Gasteiger partial charge on any atom is -0.301 e. The Morgan fingerprint density at radius 1 is 1.42 bits per heavy atom. The summed E-state index contributed by atoms with van der Waals surface area (Å²) in [4.78, 5) is 2.63. The molecule has 0 aliphatic carbocycles. The van der Waals surface area contributed by atoms with E-state index in [-0.39, 0.29) is 0 Å². The molecular formula is C10H21NS. The van der Waals surface area contributed by atoms with Gasteiger partial charge in [0.1, 0.15) is 0 Å². The van der Waals surface area contributed by atoms with Crippen molar-refractivity contribution in [3.8, 4) is 0 Å². The fourth-order valence-corrected chi connectivity index (χ4v) is 2.86. The summed E-state index contributed by atoms with van der Waals surface area (Å²) in [5.41, 5.74) is 0. The molecule has 1 saturated heterocycles. The van der Waals surface area contributed by atoms with Gasteiger partial charge in [0.05, 0.1) is 0 Å². The Hall–Kier alpha value is 0.310. The van der Waals surface area contributed by atoms with Crippen molar-refractivity contribution in [2.75, 3.05) is 25.4 Å². The third-order valence-corrected chi connectivity index (χ3v) is 3.88. The average molecular weight is 187 g/mol. The summed E-state index contributed by atoms with van der Waals surface area (Å²) in [5, 5.41) is 0.913. The Balaban J connectivity index is 2.16. The van der Waals surface area contributed by atoms with Crippen LogP contribution in [0.2, 0.25) is 0 Å². The van der Waals surface area contributed by atoms with Crippen molar-refractivity contribution in [2.45, 2.75) is 38.4 Å². The van der Waals surface area contributed by atoms with Crippen LogP contribution in [0, 0.1) is 0 Å². The fraction of sp³-hybridized carbons (Fsp3) is 1.00. The molecule has 1 unspecified atom stereocenters. The Morgan fingerprint density at radius 3 is 2.92 bits per heavy atom. The predicted octanol–water partition coefficient (Wildman–Crippen LogP) is 2.61. The van der Waals surface area contributed by atoms with E-state index in [4.69, 9.17) is 0 Å². The molecule has 0 N–H and O–H groups in total. The van der Waals surface area contributed by atoms with Crippen molar-refractivity contribution in [3.05, 3.63) is 0 Å². The van der Waals surface area contributed by atoms with Crippen molar-refractivity contribution in [2.24, 2.45) is 0 Å². The second kappa shape index (κ2) is 5.87. The van der Waals surface area contributed by atoms with Crippen LogP contribution in [-0.4, -0.2) is 35.5 Å². The van der Waals surface area contributed by atoms with Gasteiger partial charge in [0, 0.05) is 24.1 Å². The molecule has 1 atom stereocenters. The standard InChI is InChI=1S/C10H21NS/c1-3-5-6-11-7-8-12-10(4-2)9-11/h10H,3-9H2,1-2H3. The van der Waals surface area contributed by atoms with E-state index in [1.54, 1.807) is 0 Å². The Labute approximate surface area is 80.9 Å². The predicted molar refractivity (Wildman–Crippen MR) is 57.9 cm³/mol. The highest BCUT2D eigenvalue weighted by Gasteiger charge is 2.17. The Bertz CT molecular complexity index is 116. The summed E-state index contributed by atoms with van der Waals surface area (Å²) in [6, 6.07) is 0. The van der Waals surface area contributed by atoms with Crippen molar-refractivity contribution in [1.82, 2.24) is 4.90 Å². The van der Waals surface area contributed by atoms with E-state index < -0.39 is 0 Å². The number of hydrogen-bond acceptors (Lipinski definition) is 2. The van der Waals surface area contributed by atoms with E-state index in [0.29, 0.717) is 0 Å². The van der Waals surface area contributed by atoms with Gasteiger partial charge in [-0.05, 0) is 19.4 Å². The maximum absolute atomic E-state index is 2.63. The van der Waals surface area contributed by atoms with Crippen LogP contribution in [0.25, 0.3) is 0 Å². The number of unbranched alkanes of at least 4 members (excludes halogenated alkanes) is 1. The molecule has 0 aromatic carbocycles. The molecule has 1 fully saturated rings. The first-order valence-corrected chi connectivity index (χ1v) is 6.25. The van der Waals surface area contributed by atoms with Gasteiger partial charge in [-0.2, -0.15) is 11.8 Å². The highest BCUT2D eigenvalue weighted by Crippen LogP contribution is 2.20. The van der Waals surface area contributed by atoms with Gasteiger partial charge in [-0.25, -0.2) is 0 Å². The SMILES string of the molecule is CCCCN1CCSC(CC)C1. The van der Waals surface area contributed by atoms with Crippen molar-refractivity contribution in [1.29, 1.82) is 0 Å². The molecule has 0 aromatic rings. The number of hydrogen-bond donors (Lipinski definition) is 0. The van der Waals surface area contributed by atoms with E-state index in [0.717, 1.165) is 5.25 Å². The first-order valence-electron chi connectivity index (χ1n) is 5.20. The molecule has 0 radical (unpaired) electrons. The topological polar surface area (TPSA) is 3.24 Å². The minimum absolute atomic E-state index is 0.913. The fourth-order valence-electron chi connectivity index (χ4n) is 1.61. The first-order chi connectivity index (χ1) is 5.86. The summed E-state index contributed by atoms with van der Waals surface area (Å²) in [7, 11) is 0.